The van der Waals surface area contributed by atoms with Crippen molar-refractivity contribution in [3.63, 3.8) is 0 Å². The highest BCUT2D eigenvalue weighted by Crippen LogP contribution is 2.21. The molecule has 0 radical (unpaired) electrons. The van der Waals surface area contributed by atoms with E-state index in [9.17, 15) is 9.59 Å². The molecule has 21 heavy (non-hydrogen) atoms. The van der Waals surface area contributed by atoms with E-state index in [1.807, 2.05) is 25.1 Å². The molecule has 1 aliphatic heterocycles. The van der Waals surface area contributed by atoms with Gasteiger partial charge < -0.3 is 15.0 Å². The van der Waals surface area contributed by atoms with Crippen LogP contribution in [0.1, 0.15) is 18.1 Å². The van der Waals surface area contributed by atoms with Gasteiger partial charge in [-0.25, -0.2) is 0 Å². The number of hydrogen-bond donors (Lipinski definition) is 1. The van der Waals surface area contributed by atoms with Crippen molar-refractivity contribution in [2.24, 2.45) is 0 Å². The van der Waals surface area contributed by atoms with Crippen LogP contribution in [0, 0.1) is 6.92 Å². The van der Waals surface area contributed by atoms with Crippen LogP contribution >= 0.6 is 0 Å². The highest BCUT2D eigenvalue weighted by molar-refractivity contribution is 5.96. The van der Waals surface area contributed by atoms with Crippen molar-refractivity contribution in [2.45, 2.75) is 19.9 Å². The molecular formula is C16H20N2O3. The number of methoxy groups -OCH3 is 1. The Morgan fingerprint density at radius 3 is 2.95 bits per heavy atom. The molecule has 1 aromatic carbocycles. The summed E-state index contributed by atoms with van der Waals surface area (Å²) in [5.74, 6) is 0.436. The van der Waals surface area contributed by atoms with Crippen molar-refractivity contribution < 1.29 is 14.3 Å². The average Bonchev–Trinajstić information content (AvgIpc) is 2.47. The maximum absolute atomic E-state index is 12.2. The summed E-state index contributed by atoms with van der Waals surface area (Å²) in [6.45, 7) is 4.74. The van der Waals surface area contributed by atoms with Gasteiger partial charge in [-0.3, -0.25) is 9.59 Å². The number of ether oxygens (including phenoxy) is 1. The van der Waals surface area contributed by atoms with Crippen LogP contribution in [0.25, 0.3) is 6.08 Å². The van der Waals surface area contributed by atoms with E-state index >= 15 is 0 Å². The van der Waals surface area contributed by atoms with E-state index in [4.69, 9.17) is 4.74 Å². The predicted molar refractivity (Wildman–Crippen MR) is 80.9 cm³/mol. The molecular weight excluding hydrogens is 268 g/mol. The second kappa shape index (κ2) is 6.43. The number of nitrogens with one attached hydrogen (secondary N) is 1. The Bertz CT molecular complexity index is 581. The highest BCUT2D eigenvalue weighted by atomic mass is 16.5. The molecule has 5 nitrogen and oxygen atoms in total. The van der Waals surface area contributed by atoms with Gasteiger partial charge in [-0.1, -0.05) is 11.6 Å². The van der Waals surface area contributed by atoms with E-state index < -0.39 is 6.04 Å². The minimum Gasteiger partial charge on any atom is -0.496 e. The van der Waals surface area contributed by atoms with Gasteiger partial charge in [0.1, 0.15) is 11.8 Å². The third-order valence-corrected chi connectivity index (χ3v) is 3.57. The normalized spacial score (nSPS) is 18.7. The average molecular weight is 288 g/mol. The van der Waals surface area contributed by atoms with Crippen molar-refractivity contribution in [1.29, 1.82) is 0 Å². The molecule has 0 aromatic heterocycles. The Morgan fingerprint density at radius 1 is 1.48 bits per heavy atom. The molecule has 1 aromatic rings. The van der Waals surface area contributed by atoms with Crippen LogP contribution in [-0.2, 0) is 9.59 Å². The fourth-order valence-corrected chi connectivity index (χ4v) is 2.32. The number of carbonyl (C=O) groups excluding carboxylic acids is 2. The fraction of sp³-hybridized carbons (Fsp3) is 0.375. The summed E-state index contributed by atoms with van der Waals surface area (Å²) in [6.07, 6.45) is 3.22. The van der Waals surface area contributed by atoms with Crippen LogP contribution < -0.4 is 10.1 Å². The van der Waals surface area contributed by atoms with Gasteiger partial charge in [0.05, 0.1) is 7.11 Å². The first-order valence-corrected chi connectivity index (χ1v) is 6.94. The molecule has 1 fully saturated rings. The van der Waals surface area contributed by atoms with Crippen LogP contribution in [0.15, 0.2) is 24.3 Å². The molecule has 2 amide bonds. The van der Waals surface area contributed by atoms with Gasteiger partial charge in [0.25, 0.3) is 0 Å². The fourth-order valence-electron chi connectivity index (χ4n) is 2.32. The monoisotopic (exact) mass is 288 g/mol. The highest BCUT2D eigenvalue weighted by Gasteiger charge is 2.27. The number of carbonyl (C=O) groups is 2. The number of benzene rings is 1. The molecule has 0 bridgehead atoms. The molecule has 0 aliphatic carbocycles. The zero-order chi connectivity index (χ0) is 15.4. The first kappa shape index (κ1) is 15.1. The zero-order valence-electron chi connectivity index (χ0n) is 12.6. The largest absolute Gasteiger partial charge is 0.496 e. The van der Waals surface area contributed by atoms with Crippen molar-refractivity contribution in [3.8, 4) is 5.75 Å². The Balaban J connectivity index is 2.15. The molecule has 1 heterocycles. The zero-order valence-corrected chi connectivity index (χ0v) is 12.6. The Labute approximate surface area is 124 Å². The smallest absolute Gasteiger partial charge is 0.247 e. The third-order valence-electron chi connectivity index (χ3n) is 3.57. The maximum atomic E-state index is 12.2. The van der Waals surface area contributed by atoms with Crippen molar-refractivity contribution in [3.05, 3.63) is 35.4 Å². The van der Waals surface area contributed by atoms with Gasteiger partial charge in [-0.15, -0.1) is 0 Å². The van der Waals surface area contributed by atoms with E-state index in [-0.39, 0.29) is 11.8 Å². The second-order valence-corrected chi connectivity index (χ2v) is 5.08. The lowest BCUT2D eigenvalue weighted by Crippen LogP contribution is -2.55. The summed E-state index contributed by atoms with van der Waals surface area (Å²) in [4.78, 5) is 25.4. The number of aryl methyl sites for hydroxylation is 1. The van der Waals surface area contributed by atoms with Gasteiger partial charge in [0.15, 0.2) is 0 Å². The summed E-state index contributed by atoms with van der Waals surface area (Å²) < 4.78 is 5.28. The number of piperazine rings is 1. The molecule has 0 spiro atoms. The summed E-state index contributed by atoms with van der Waals surface area (Å²) in [5.41, 5.74) is 1.94. The lowest BCUT2D eigenvalue weighted by atomic mass is 10.1. The van der Waals surface area contributed by atoms with Crippen LogP contribution in [-0.4, -0.2) is 43.0 Å². The lowest BCUT2D eigenvalue weighted by molar-refractivity contribution is -0.139. The van der Waals surface area contributed by atoms with Crippen molar-refractivity contribution in [2.75, 3.05) is 20.2 Å². The topological polar surface area (TPSA) is 58.6 Å². The Kier molecular flexibility index (Phi) is 4.62. The molecule has 5 heteroatoms. The maximum Gasteiger partial charge on any atom is 0.247 e. The molecule has 1 atom stereocenters. The molecule has 1 N–H and O–H groups in total. The number of amides is 2. The van der Waals surface area contributed by atoms with Gasteiger partial charge >= 0.3 is 0 Å². The molecule has 2 rings (SSSR count). The van der Waals surface area contributed by atoms with E-state index in [0.29, 0.717) is 18.8 Å². The first-order chi connectivity index (χ1) is 10.0. The van der Waals surface area contributed by atoms with Gasteiger partial charge in [0, 0.05) is 24.7 Å². The number of nitrogens with zero attached hydrogens (tertiary/aromatic N) is 1. The van der Waals surface area contributed by atoms with E-state index in [2.05, 4.69) is 5.32 Å². The van der Waals surface area contributed by atoms with Gasteiger partial charge in [0.2, 0.25) is 11.8 Å². The summed E-state index contributed by atoms with van der Waals surface area (Å²) in [5, 5.41) is 2.74. The predicted octanol–water partition coefficient (Wildman–Crippen LogP) is 1.36. The summed E-state index contributed by atoms with van der Waals surface area (Å²) >= 11 is 0. The standard InChI is InChI=1S/C16H20N2O3/c1-11-4-6-14(21-3)13(10-11)5-7-15(19)18-9-8-17-16(20)12(18)2/h4-7,10,12H,8-9H2,1-3H3,(H,17,20). The van der Waals surface area contributed by atoms with Crippen LogP contribution in [0.4, 0.5) is 0 Å². The van der Waals surface area contributed by atoms with Crippen LogP contribution in [0.5, 0.6) is 5.75 Å². The molecule has 112 valence electrons. The Hall–Kier alpha value is -2.30. The van der Waals surface area contributed by atoms with Crippen LogP contribution in [0.3, 0.4) is 0 Å². The number of rotatable bonds is 3. The summed E-state index contributed by atoms with van der Waals surface area (Å²) in [6, 6.07) is 5.34. The lowest BCUT2D eigenvalue weighted by Gasteiger charge is -2.31. The molecule has 1 aliphatic rings. The van der Waals surface area contributed by atoms with E-state index in [0.717, 1.165) is 11.1 Å². The number of hydrogen-bond acceptors (Lipinski definition) is 3. The molecule has 1 saturated heterocycles. The molecule has 1 unspecified atom stereocenters. The van der Waals surface area contributed by atoms with Crippen molar-refractivity contribution in [1.82, 2.24) is 10.2 Å². The SMILES string of the molecule is COc1ccc(C)cc1C=CC(=O)N1CCNC(=O)C1C. The van der Waals surface area contributed by atoms with Gasteiger partial charge in [-0.05, 0) is 32.1 Å². The van der Waals surface area contributed by atoms with E-state index in [1.54, 1.807) is 25.0 Å². The second-order valence-electron chi connectivity index (χ2n) is 5.08. The minimum atomic E-state index is -0.435. The van der Waals surface area contributed by atoms with Crippen LogP contribution in [0.2, 0.25) is 0 Å². The van der Waals surface area contributed by atoms with Gasteiger partial charge in [-0.2, -0.15) is 0 Å². The van der Waals surface area contributed by atoms with E-state index in [1.165, 1.54) is 6.08 Å². The van der Waals surface area contributed by atoms with Crippen molar-refractivity contribution >= 4 is 17.9 Å². The minimum absolute atomic E-state index is 0.115. The first-order valence-electron chi connectivity index (χ1n) is 6.94. The quantitative estimate of drug-likeness (QED) is 0.855. The Morgan fingerprint density at radius 2 is 2.24 bits per heavy atom. The molecule has 0 saturated carbocycles. The summed E-state index contributed by atoms with van der Waals surface area (Å²) in [7, 11) is 1.60. The third kappa shape index (κ3) is 3.42.